The summed E-state index contributed by atoms with van der Waals surface area (Å²) in [5.41, 5.74) is 6.99. The van der Waals surface area contributed by atoms with Gasteiger partial charge < -0.3 is 11.1 Å². The number of halogens is 1. The predicted octanol–water partition coefficient (Wildman–Crippen LogP) is 2.36. The second-order valence-electron chi connectivity index (χ2n) is 5.16. The van der Waals surface area contributed by atoms with Crippen LogP contribution in [0.25, 0.3) is 0 Å². The van der Waals surface area contributed by atoms with Gasteiger partial charge in [0.15, 0.2) is 0 Å². The molecule has 0 aliphatic heterocycles. The first-order chi connectivity index (χ1) is 7.71. The lowest BCUT2D eigenvalue weighted by molar-refractivity contribution is -0.119. The number of carbonyl (C=O) groups is 1. The molecule has 0 aliphatic rings. The molecule has 1 amide bonds. The van der Waals surface area contributed by atoms with Crippen LogP contribution >= 0.6 is 11.6 Å². The average Bonchev–Trinajstić information content (AvgIpc) is 2.21. The molecule has 0 saturated heterocycles. The van der Waals surface area contributed by atoms with Gasteiger partial charge >= 0.3 is 0 Å². The van der Waals surface area contributed by atoms with Gasteiger partial charge in [0, 0.05) is 0 Å². The summed E-state index contributed by atoms with van der Waals surface area (Å²) >= 11 is 5.80. The van der Waals surface area contributed by atoms with Crippen molar-refractivity contribution in [2.24, 2.45) is 11.1 Å². The standard InChI is InChI=1S/C12H18ClN3O/c1-7-5-8(6-15-10(7)13)16-11(17)9(14)12(2,3)4/h5-6,9H,14H2,1-4H3,(H,16,17). The zero-order valence-electron chi connectivity index (χ0n) is 10.5. The molecule has 1 aromatic rings. The monoisotopic (exact) mass is 255 g/mol. The smallest absolute Gasteiger partial charge is 0.241 e. The Morgan fingerprint density at radius 1 is 1.53 bits per heavy atom. The van der Waals surface area contributed by atoms with Crippen molar-refractivity contribution in [2.75, 3.05) is 5.32 Å². The average molecular weight is 256 g/mol. The summed E-state index contributed by atoms with van der Waals surface area (Å²) in [6.07, 6.45) is 1.52. The maximum atomic E-state index is 11.9. The Kier molecular flexibility index (Phi) is 4.11. The van der Waals surface area contributed by atoms with Gasteiger partial charge in [0.25, 0.3) is 0 Å². The molecule has 0 bridgehead atoms. The van der Waals surface area contributed by atoms with Crippen LogP contribution in [0.1, 0.15) is 26.3 Å². The highest BCUT2D eigenvalue weighted by molar-refractivity contribution is 6.30. The number of aryl methyl sites for hydroxylation is 1. The van der Waals surface area contributed by atoms with Gasteiger partial charge in [-0.25, -0.2) is 4.98 Å². The second kappa shape index (κ2) is 5.02. The van der Waals surface area contributed by atoms with Gasteiger partial charge in [-0.05, 0) is 24.0 Å². The number of carbonyl (C=O) groups excluding carboxylic acids is 1. The SMILES string of the molecule is Cc1cc(NC(=O)C(N)C(C)(C)C)cnc1Cl. The van der Waals surface area contributed by atoms with Crippen LogP contribution in [0.2, 0.25) is 5.15 Å². The fourth-order valence-electron chi connectivity index (χ4n) is 1.24. The Labute approximate surface area is 107 Å². The summed E-state index contributed by atoms with van der Waals surface area (Å²) in [4.78, 5) is 15.8. The molecule has 94 valence electrons. The highest BCUT2D eigenvalue weighted by Gasteiger charge is 2.27. The molecule has 0 saturated carbocycles. The first-order valence-corrected chi connectivity index (χ1v) is 5.78. The highest BCUT2D eigenvalue weighted by Crippen LogP contribution is 2.20. The Hall–Kier alpha value is -1.13. The van der Waals surface area contributed by atoms with Crippen molar-refractivity contribution >= 4 is 23.2 Å². The van der Waals surface area contributed by atoms with Crippen molar-refractivity contribution in [3.8, 4) is 0 Å². The molecule has 1 heterocycles. The summed E-state index contributed by atoms with van der Waals surface area (Å²) in [6, 6.07) is 1.20. The minimum atomic E-state index is -0.571. The number of nitrogens with one attached hydrogen (secondary N) is 1. The van der Waals surface area contributed by atoms with E-state index < -0.39 is 6.04 Å². The fraction of sp³-hybridized carbons (Fsp3) is 0.500. The molecule has 4 nitrogen and oxygen atoms in total. The first-order valence-electron chi connectivity index (χ1n) is 5.40. The van der Waals surface area contributed by atoms with Crippen LogP contribution in [0.15, 0.2) is 12.3 Å². The molecule has 0 aliphatic carbocycles. The number of amides is 1. The Balaban J connectivity index is 2.78. The minimum absolute atomic E-state index is 0.221. The van der Waals surface area contributed by atoms with Crippen molar-refractivity contribution in [2.45, 2.75) is 33.7 Å². The molecule has 3 N–H and O–H groups in total. The van der Waals surface area contributed by atoms with Crippen LogP contribution in [-0.2, 0) is 4.79 Å². The largest absolute Gasteiger partial charge is 0.323 e. The van der Waals surface area contributed by atoms with Crippen molar-refractivity contribution in [1.82, 2.24) is 4.98 Å². The number of nitrogens with two attached hydrogens (primary N) is 1. The molecular weight excluding hydrogens is 238 g/mol. The van der Waals surface area contributed by atoms with E-state index in [0.29, 0.717) is 10.8 Å². The van der Waals surface area contributed by atoms with Gasteiger partial charge in [-0.2, -0.15) is 0 Å². The van der Waals surface area contributed by atoms with Gasteiger partial charge in [-0.3, -0.25) is 4.79 Å². The van der Waals surface area contributed by atoms with Crippen LogP contribution in [-0.4, -0.2) is 16.9 Å². The summed E-state index contributed by atoms with van der Waals surface area (Å²) in [6.45, 7) is 7.59. The maximum absolute atomic E-state index is 11.9. The van der Waals surface area contributed by atoms with Gasteiger partial charge in [0.2, 0.25) is 5.91 Å². The molecule has 5 heteroatoms. The molecule has 17 heavy (non-hydrogen) atoms. The van der Waals surface area contributed by atoms with Crippen LogP contribution in [0, 0.1) is 12.3 Å². The Morgan fingerprint density at radius 3 is 2.59 bits per heavy atom. The predicted molar refractivity (Wildman–Crippen MR) is 70.0 cm³/mol. The van der Waals surface area contributed by atoms with Gasteiger partial charge in [0.1, 0.15) is 5.15 Å². The first kappa shape index (κ1) is 13.9. The van der Waals surface area contributed by atoms with E-state index in [-0.39, 0.29) is 11.3 Å². The van der Waals surface area contributed by atoms with E-state index in [1.54, 1.807) is 6.07 Å². The fourth-order valence-corrected chi connectivity index (χ4v) is 1.34. The summed E-state index contributed by atoms with van der Waals surface area (Å²) in [5, 5.41) is 3.16. The number of hydrogen-bond acceptors (Lipinski definition) is 3. The third kappa shape index (κ3) is 3.68. The van der Waals surface area contributed by atoms with Crippen LogP contribution < -0.4 is 11.1 Å². The van der Waals surface area contributed by atoms with Crippen LogP contribution in [0.3, 0.4) is 0 Å². The van der Waals surface area contributed by atoms with Crippen molar-refractivity contribution in [1.29, 1.82) is 0 Å². The zero-order chi connectivity index (χ0) is 13.2. The quantitative estimate of drug-likeness (QED) is 0.797. The minimum Gasteiger partial charge on any atom is -0.323 e. The number of anilines is 1. The van der Waals surface area contributed by atoms with Crippen LogP contribution in [0.4, 0.5) is 5.69 Å². The number of nitrogens with zero attached hydrogens (tertiary/aromatic N) is 1. The molecule has 1 rings (SSSR count). The lowest BCUT2D eigenvalue weighted by Crippen LogP contribution is -2.45. The van der Waals surface area contributed by atoms with E-state index in [4.69, 9.17) is 17.3 Å². The Morgan fingerprint density at radius 2 is 2.12 bits per heavy atom. The molecule has 0 spiro atoms. The van der Waals surface area contributed by atoms with E-state index in [1.807, 2.05) is 27.7 Å². The normalized spacial score (nSPS) is 13.3. The number of aromatic nitrogens is 1. The zero-order valence-corrected chi connectivity index (χ0v) is 11.3. The number of pyridine rings is 1. The van der Waals surface area contributed by atoms with E-state index in [0.717, 1.165) is 5.56 Å². The lowest BCUT2D eigenvalue weighted by atomic mass is 9.87. The molecule has 1 atom stereocenters. The second-order valence-corrected chi connectivity index (χ2v) is 5.52. The van der Waals surface area contributed by atoms with Crippen molar-refractivity contribution in [3.63, 3.8) is 0 Å². The van der Waals surface area contributed by atoms with Gasteiger partial charge in [-0.1, -0.05) is 32.4 Å². The third-order valence-electron chi connectivity index (χ3n) is 2.50. The molecule has 0 aromatic carbocycles. The van der Waals surface area contributed by atoms with E-state index >= 15 is 0 Å². The molecule has 1 unspecified atom stereocenters. The lowest BCUT2D eigenvalue weighted by Gasteiger charge is -2.25. The maximum Gasteiger partial charge on any atom is 0.241 e. The molecule has 1 aromatic heterocycles. The van der Waals surface area contributed by atoms with E-state index in [1.165, 1.54) is 6.20 Å². The van der Waals surface area contributed by atoms with Crippen molar-refractivity contribution < 1.29 is 4.79 Å². The Bertz CT molecular complexity index is 426. The summed E-state index contributed by atoms with van der Waals surface area (Å²) < 4.78 is 0. The third-order valence-corrected chi connectivity index (χ3v) is 2.89. The molecule has 0 radical (unpaired) electrons. The topological polar surface area (TPSA) is 68.0 Å². The summed E-state index contributed by atoms with van der Waals surface area (Å²) in [5.74, 6) is -0.221. The van der Waals surface area contributed by atoms with Gasteiger partial charge in [0.05, 0.1) is 17.9 Å². The highest BCUT2D eigenvalue weighted by atomic mass is 35.5. The number of hydrogen-bond donors (Lipinski definition) is 2. The summed E-state index contributed by atoms with van der Waals surface area (Å²) in [7, 11) is 0. The van der Waals surface area contributed by atoms with E-state index in [9.17, 15) is 4.79 Å². The van der Waals surface area contributed by atoms with E-state index in [2.05, 4.69) is 10.3 Å². The van der Waals surface area contributed by atoms with Gasteiger partial charge in [-0.15, -0.1) is 0 Å². The molecular formula is C12H18ClN3O. The van der Waals surface area contributed by atoms with Crippen LogP contribution in [0.5, 0.6) is 0 Å². The van der Waals surface area contributed by atoms with Crippen molar-refractivity contribution in [3.05, 3.63) is 23.0 Å². The number of rotatable bonds is 2. The molecule has 0 fully saturated rings.